The molecule has 0 unspecified atom stereocenters. The summed E-state index contributed by atoms with van der Waals surface area (Å²) in [5.41, 5.74) is -0.367. The zero-order valence-electron chi connectivity index (χ0n) is 12.2. The normalized spacial score (nSPS) is 37.1. The second kappa shape index (κ2) is 4.15. The molecule has 2 bridgehead atoms. The van der Waals surface area contributed by atoms with Crippen LogP contribution in [0.5, 0.6) is 0 Å². The molecule has 3 aliphatic carbocycles. The number of rotatable bonds is 2. The fraction of sp³-hybridized carbons (Fsp3) is 0.929. The highest BCUT2D eigenvalue weighted by Crippen LogP contribution is 2.49. The van der Waals surface area contributed by atoms with Crippen LogP contribution >= 0.6 is 0 Å². The van der Waals surface area contributed by atoms with E-state index in [0.29, 0.717) is 12.8 Å². The molecule has 1 N–H and O–H groups in total. The van der Waals surface area contributed by atoms with Gasteiger partial charge in [-0.15, -0.1) is 0 Å². The average Bonchev–Trinajstić information content (AvgIpc) is 2.12. The predicted molar refractivity (Wildman–Crippen MR) is 74.0 cm³/mol. The Morgan fingerprint density at radius 1 is 1.39 bits per heavy atom. The Labute approximate surface area is 111 Å². The molecule has 0 aromatic carbocycles. The highest BCUT2D eigenvalue weighted by molar-refractivity contribution is 6.74. The summed E-state index contributed by atoms with van der Waals surface area (Å²) in [5, 5.41) is 10.2. The van der Waals surface area contributed by atoms with Gasteiger partial charge in [0.2, 0.25) is 0 Å². The quantitative estimate of drug-likeness (QED) is 0.785. The number of aliphatic hydroxyl groups excluding tert-OH is 1. The maximum atomic E-state index is 12.0. The maximum absolute atomic E-state index is 12.0. The van der Waals surface area contributed by atoms with E-state index in [9.17, 15) is 9.90 Å². The van der Waals surface area contributed by atoms with Gasteiger partial charge in [0, 0.05) is 18.8 Å². The molecule has 3 rings (SSSR count). The van der Waals surface area contributed by atoms with Crippen LogP contribution in [-0.2, 0) is 9.22 Å². The number of aliphatic hydroxyl groups is 1. The van der Waals surface area contributed by atoms with Crippen LogP contribution in [0.15, 0.2) is 0 Å². The highest BCUT2D eigenvalue weighted by atomic mass is 28.4. The molecule has 0 aromatic heterocycles. The molecule has 18 heavy (non-hydrogen) atoms. The smallest absolute Gasteiger partial charge is 0.192 e. The molecule has 3 atom stereocenters. The lowest BCUT2D eigenvalue weighted by Crippen LogP contribution is -2.59. The zero-order valence-corrected chi connectivity index (χ0v) is 13.2. The molecule has 3 nitrogen and oxygen atoms in total. The predicted octanol–water partition coefficient (Wildman–Crippen LogP) is 2.88. The molecule has 0 aliphatic heterocycles. The van der Waals surface area contributed by atoms with Crippen molar-refractivity contribution in [3.8, 4) is 0 Å². The first-order valence-electron chi connectivity index (χ1n) is 6.97. The average molecular weight is 270 g/mol. The van der Waals surface area contributed by atoms with Crippen molar-refractivity contribution in [2.75, 3.05) is 0 Å². The van der Waals surface area contributed by atoms with Gasteiger partial charge in [-0.25, -0.2) is 0 Å². The summed E-state index contributed by atoms with van der Waals surface area (Å²) in [6, 6.07) is 0. The molecule has 0 aromatic rings. The van der Waals surface area contributed by atoms with Crippen LogP contribution in [0.3, 0.4) is 0 Å². The first-order valence-corrected chi connectivity index (χ1v) is 9.88. The number of carbonyl (C=O) groups excluding carboxylic acids is 1. The van der Waals surface area contributed by atoms with E-state index < -0.39 is 14.4 Å². The topological polar surface area (TPSA) is 46.5 Å². The van der Waals surface area contributed by atoms with Gasteiger partial charge in [0.25, 0.3) is 0 Å². The molecule has 3 aliphatic rings. The Morgan fingerprint density at radius 3 is 2.44 bits per heavy atom. The summed E-state index contributed by atoms with van der Waals surface area (Å²) >= 11 is 0. The zero-order chi connectivity index (χ0) is 13.8. The van der Waals surface area contributed by atoms with Crippen LogP contribution in [-0.4, -0.2) is 30.9 Å². The Balaban J connectivity index is 2.20. The monoisotopic (exact) mass is 270 g/mol. The molecule has 0 amide bonds. The number of fused-ring (bicyclic) bond motifs is 3. The van der Waals surface area contributed by atoms with Crippen LogP contribution in [0.25, 0.3) is 0 Å². The third kappa shape index (κ3) is 2.30. The van der Waals surface area contributed by atoms with Crippen molar-refractivity contribution < 1.29 is 14.3 Å². The van der Waals surface area contributed by atoms with Crippen LogP contribution < -0.4 is 0 Å². The molecule has 0 saturated heterocycles. The van der Waals surface area contributed by atoms with Gasteiger partial charge in [0.1, 0.15) is 5.78 Å². The molecule has 4 heteroatoms. The van der Waals surface area contributed by atoms with E-state index in [1.165, 1.54) is 0 Å². The van der Waals surface area contributed by atoms with Crippen LogP contribution in [0.2, 0.25) is 18.1 Å². The van der Waals surface area contributed by atoms with Gasteiger partial charge in [0.15, 0.2) is 8.32 Å². The van der Waals surface area contributed by atoms with Crippen molar-refractivity contribution in [3.05, 3.63) is 0 Å². The minimum Gasteiger partial charge on any atom is -0.411 e. The SMILES string of the molecule is CC(C)(C)[Si](C)(C)O[C@]12CC[C@@H](C(=O)C1)[C@H](O)C2. The number of hydrogen-bond acceptors (Lipinski definition) is 3. The number of hydrogen-bond donors (Lipinski definition) is 1. The summed E-state index contributed by atoms with van der Waals surface area (Å²) < 4.78 is 6.52. The van der Waals surface area contributed by atoms with Crippen LogP contribution in [0.1, 0.15) is 46.5 Å². The Morgan fingerprint density at radius 2 is 2.00 bits per heavy atom. The fourth-order valence-corrected chi connectivity index (χ4v) is 4.69. The molecule has 104 valence electrons. The molecule has 0 spiro atoms. The van der Waals surface area contributed by atoms with Gasteiger partial charge in [-0.2, -0.15) is 0 Å². The molecule has 3 fully saturated rings. The summed E-state index contributed by atoms with van der Waals surface area (Å²) in [6.45, 7) is 11.1. The standard InChI is InChI=1S/C14H26O3Si/c1-13(2,3)18(4,5)17-14-7-6-10(11(15)8-14)12(16)9-14/h10-11,15H,6-9H2,1-5H3/t10-,11-,14+/m1/s1. The van der Waals surface area contributed by atoms with E-state index in [0.717, 1.165) is 12.8 Å². The maximum Gasteiger partial charge on any atom is 0.192 e. The first-order chi connectivity index (χ1) is 8.06. The second-order valence-electron chi connectivity index (χ2n) is 7.61. The van der Waals surface area contributed by atoms with Gasteiger partial charge >= 0.3 is 0 Å². The Hall–Kier alpha value is -0.193. The lowest BCUT2D eigenvalue weighted by Gasteiger charge is -2.53. The van der Waals surface area contributed by atoms with E-state index in [2.05, 4.69) is 33.9 Å². The lowest BCUT2D eigenvalue weighted by molar-refractivity contribution is -0.153. The van der Waals surface area contributed by atoms with E-state index >= 15 is 0 Å². The van der Waals surface area contributed by atoms with E-state index in [-0.39, 0.29) is 22.3 Å². The fourth-order valence-electron chi connectivity index (χ4n) is 3.04. The molecule has 0 radical (unpaired) electrons. The van der Waals surface area contributed by atoms with E-state index in [4.69, 9.17) is 4.43 Å². The Bertz CT molecular complexity index is 359. The molecule has 3 saturated carbocycles. The van der Waals surface area contributed by atoms with Crippen molar-refractivity contribution in [1.29, 1.82) is 0 Å². The van der Waals surface area contributed by atoms with Gasteiger partial charge in [-0.3, -0.25) is 4.79 Å². The van der Waals surface area contributed by atoms with Gasteiger partial charge in [-0.05, 0) is 31.0 Å². The van der Waals surface area contributed by atoms with Crippen molar-refractivity contribution in [2.45, 2.75) is 76.3 Å². The Kier molecular flexibility index (Phi) is 3.28. The summed E-state index contributed by atoms with van der Waals surface area (Å²) in [5.74, 6) is 0.0913. The summed E-state index contributed by atoms with van der Waals surface area (Å²) in [7, 11) is -1.88. The minimum absolute atomic E-state index is 0.116. The van der Waals surface area contributed by atoms with Gasteiger partial charge in [-0.1, -0.05) is 20.8 Å². The lowest BCUT2D eigenvalue weighted by atomic mass is 9.65. The third-order valence-electron chi connectivity index (χ3n) is 5.14. The molecular formula is C14H26O3Si. The number of carbonyl (C=O) groups is 1. The van der Waals surface area contributed by atoms with Crippen molar-refractivity contribution in [2.24, 2.45) is 5.92 Å². The summed E-state index contributed by atoms with van der Waals surface area (Å²) in [6.07, 6.45) is 2.42. The molecule has 0 heterocycles. The van der Waals surface area contributed by atoms with Crippen molar-refractivity contribution in [1.82, 2.24) is 0 Å². The van der Waals surface area contributed by atoms with Crippen molar-refractivity contribution in [3.63, 3.8) is 0 Å². The van der Waals surface area contributed by atoms with E-state index in [1.54, 1.807) is 0 Å². The van der Waals surface area contributed by atoms with E-state index in [1.807, 2.05) is 0 Å². The van der Waals surface area contributed by atoms with Gasteiger partial charge < -0.3 is 9.53 Å². The third-order valence-corrected chi connectivity index (χ3v) is 9.70. The highest BCUT2D eigenvalue weighted by Gasteiger charge is 2.54. The van der Waals surface area contributed by atoms with Gasteiger partial charge in [0.05, 0.1) is 11.7 Å². The van der Waals surface area contributed by atoms with Crippen LogP contribution in [0, 0.1) is 5.92 Å². The largest absolute Gasteiger partial charge is 0.411 e. The van der Waals surface area contributed by atoms with Crippen LogP contribution in [0.4, 0.5) is 0 Å². The number of ketones is 1. The number of Topliss-reactive ketones (excluding diaryl/α,β-unsaturated/α-hetero) is 1. The second-order valence-corrected chi connectivity index (χ2v) is 12.3. The minimum atomic E-state index is -1.88. The first kappa shape index (κ1) is 14.2. The molecular weight excluding hydrogens is 244 g/mol. The summed E-state index contributed by atoms with van der Waals surface area (Å²) in [4.78, 5) is 12.0. The van der Waals surface area contributed by atoms with Crippen molar-refractivity contribution >= 4 is 14.1 Å².